The molecule has 0 aliphatic carbocycles. The van der Waals surface area contributed by atoms with Gasteiger partial charge >= 0.3 is 12.1 Å². The average Bonchev–Trinajstić information content (AvgIpc) is 2.62. The zero-order valence-corrected chi connectivity index (χ0v) is 14.8. The summed E-state index contributed by atoms with van der Waals surface area (Å²) >= 11 is 0. The summed E-state index contributed by atoms with van der Waals surface area (Å²) in [4.78, 5) is 34.5. The monoisotopic (exact) mass is 366 g/mol. The highest BCUT2D eigenvalue weighted by Crippen LogP contribution is 2.03. The summed E-state index contributed by atoms with van der Waals surface area (Å²) in [7, 11) is 0. The van der Waals surface area contributed by atoms with Gasteiger partial charge in [-0.3, -0.25) is 4.79 Å². The average molecular weight is 366 g/mol. The highest BCUT2D eigenvalue weighted by molar-refractivity contribution is 5.83. The van der Waals surface area contributed by atoms with Crippen LogP contribution in [0.4, 0.5) is 4.79 Å². The van der Waals surface area contributed by atoms with Crippen LogP contribution in [0.3, 0.4) is 0 Å². The van der Waals surface area contributed by atoms with Crippen molar-refractivity contribution >= 4 is 18.0 Å². The lowest BCUT2D eigenvalue weighted by atomic mass is 10.1. The maximum absolute atomic E-state index is 11.8. The van der Waals surface area contributed by atoms with Crippen LogP contribution in [-0.2, 0) is 20.9 Å². The van der Waals surface area contributed by atoms with Crippen LogP contribution >= 0.6 is 0 Å². The summed E-state index contributed by atoms with van der Waals surface area (Å²) in [5, 5.41) is 23.6. The number of nitrogens with one attached hydrogen (secondary N) is 2. The summed E-state index contributed by atoms with van der Waals surface area (Å²) < 4.78 is 4.98. The quantitative estimate of drug-likeness (QED) is 0.469. The number of carbonyl (C=O) groups excluding carboxylic acids is 2. The molecule has 8 heteroatoms. The number of ether oxygens (including phenoxy) is 1. The smallest absolute Gasteiger partial charge is 0.407 e. The van der Waals surface area contributed by atoms with E-state index in [9.17, 15) is 19.5 Å². The molecule has 0 aliphatic heterocycles. The number of aliphatic carboxylic acids is 1. The van der Waals surface area contributed by atoms with Gasteiger partial charge in [0.25, 0.3) is 0 Å². The molecular weight excluding hydrogens is 340 g/mol. The molecule has 26 heavy (non-hydrogen) atoms. The zero-order chi connectivity index (χ0) is 19.4. The normalized spacial score (nSPS) is 12.7. The molecule has 2 atom stereocenters. The number of alkyl carbamates (subject to hydrolysis) is 1. The van der Waals surface area contributed by atoms with E-state index in [1.807, 2.05) is 37.3 Å². The third-order valence-electron chi connectivity index (χ3n) is 3.60. The van der Waals surface area contributed by atoms with E-state index in [1.54, 1.807) is 0 Å². The van der Waals surface area contributed by atoms with E-state index in [0.29, 0.717) is 12.8 Å². The van der Waals surface area contributed by atoms with Crippen LogP contribution in [0.15, 0.2) is 30.3 Å². The van der Waals surface area contributed by atoms with Gasteiger partial charge in [0.05, 0.1) is 12.5 Å². The van der Waals surface area contributed by atoms with Crippen molar-refractivity contribution in [2.24, 2.45) is 0 Å². The summed E-state index contributed by atoms with van der Waals surface area (Å²) in [5.74, 6) is -1.69. The molecule has 0 saturated heterocycles. The molecule has 144 valence electrons. The topological polar surface area (TPSA) is 125 Å². The Morgan fingerprint density at radius 3 is 2.50 bits per heavy atom. The minimum absolute atomic E-state index is 0.0982. The largest absolute Gasteiger partial charge is 0.480 e. The van der Waals surface area contributed by atoms with Gasteiger partial charge in [-0.15, -0.1) is 0 Å². The summed E-state index contributed by atoms with van der Waals surface area (Å²) in [6.07, 6.45) is -0.335. The van der Waals surface area contributed by atoms with Gasteiger partial charge in [0.2, 0.25) is 5.91 Å². The van der Waals surface area contributed by atoms with Crippen LogP contribution in [0.5, 0.6) is 0 Å². The third-order valence-corrected chi connectivity index (χ3v) is 3.60. The minimum atomic E-state index is -1.14. The molecule has 1 aromatic carbocycles. The molecule has 8 nitrogen and oxygen atoms in total. The third kappa shape index (κ3) is 9.03. The fourth-order valence-electron chi connectivity index (χ4n) is 2.18. The lowest BCUT2D eigenvalue weighted by Crippen LogP contribution is -2.43. The number of carboxylic acids is 1. The Bertz CT molecular complexity index is 578. The van der Waals surface area contributed by atoms with E-state index in [0.717, 1.165) is 12.0 Å². The molecule has 0 bridgehead atoms. The second-order valence-corrected chi connectivity index (χ2v) is 5.90. The van der Waals surface area contributed by atoms with Crippen molar-refractivity contribution in [1.29, 1.82) is 0 Å². The first-order valence-corrected chi connectivity index (χ1v) is 8.57. The lowest BCUT2D eigenvalue weighted by molar-refractivity contribution is -0.142. The maximum atomic E-state index is 11.8. The minimum Gasteiger partial charge on any atom is -0.480 e. The molecule has 0 aromatic heterocycles. The number of hydrogen-bond acceptors (Lipinski definition) is 5. The second kappa shape index (κ2) is 11.9. The van der Waals surface area contributed by atoms with E-state index in [1.165, 1.54) is 0 Å². The molecule has 1 rings (SSSR count). The van der Waals surface area contributed by atoms with Gasteiger partial charge in [-0.25, -0.2) is 9.59 Å². The Morgan fingerprint density at radius 1 is 1.19 bits per heavy atom. The van der Waals surface area contributed by atoms with Crippen LogP contribution in [0.25, 0.3) is 0 Å². The molecule has 0 radical (unpaired) electrons. The van der Waals surface area contributed by atoms with E-state index in [4.69, 9.17) is 9.84 Å². The molecular formula is C18H26N2O6. The van der Waals surface area contributed by atoms with Crippen molar-refractivity contribution in [3.63, 3.8) is 0 Å². The van der Waals surface area contributed by atoms with Gasteiger partial charge in [-0.05, 0) is 12.0 Å². The number of benzene rings is 1. The van der Waals surface area contributed by atoms with Crippen LogP contribution in [0.2, 0.25) is 0 Å². The number of carboxylic acid groups (broad SMARTS) is 1. The van der Waals surface area contributed by atoms with Gasteiger partial charge in [0, 0.05) is 6.54 Å². The standard InChI is InChI=1S/C18H26N2O6/c1-2-3-9-15(17(23)24)20-16(22)10-14(21)11-19-18(25)26-12-13-7-5-4-6-8-13/h4-8,14-15,21H,2-3,9-12H2,1H3,(H,19,25)(H,20,22)(H,23,24)/t14-,15+/m0/s1. The van der Waals surface area contributed by atoms with Crippen molar-refractivity contribution in [3.05, 3.63) is 35.9 Å². The van der Waals surface area contributed by atoms with Crippen molar-refractivity contribution in [1.82, 2.24) is 10.6 Å². The fraction of sp³-hybridized carbons (Fsp3) is 0.500. The first kappa shape index (κ1) is 21.4. The van der Waals surface area contributed by atoms with E-state index in [2.05, 4.69) is 10.6 Å². The summed E-state index contributed by atoms with van der Waals surface area (Å²) in [5.41, 5.74) is 0.828. The lowest BCUT2D eigenvalue weighted by Gasteiger charge is -2.16. The highest BCUT2D eigenvalue weighted by Gasteiger charge is 2.21. The molecule has 0 unspecified atom stereocenters. The van der Waals surface area contributed by atoms with Gasteiger partial charge in [-0.1, -0.05) is 50.1 Å². The number of aliphatic hydroxyl groups excluding tert-OH is 1. The Morgan fingerprint density at radius 2 is 1.88 bits per heavy atom. The Balaban J connectivity index is 2.27. The first-order valence-electron chi connectivity index (χ1n) is 8.57. The fourth-order valence-corrected chi connectivity index (χ4v) is 2.18. The number of unbranched alkanes of at least 4 members (excludes halogenated alkanes) is 1. The SMILES string of the molecule is CCCC[C@@H](NC(=O)C[C@H](O)CNC(=O)OCc1ccccc1)C(=O)O. The van der Waals surface area contributed by atoms with Gasteiger partial charge < -0.3 is 25.6 Å². The number of rotatable bonds is 11. The number of hydrogen-bond donors (Lipinski definition) is 4. The number of aliphatic hydroxyl groups is 1. The van der Waals surface area contributed by atoms with E-state index in [-0.39, 0.29) is 19.6 Å². The van der Waals surface area contributed by atoms with Crippen LogP contribution in [0, 0.1) is 0 Å². The first-order chi connectivity index (χ1) is 12.4. The molecule has 0 heterocycles. The zero-order valence-electron chi connectivity index (χ0n) is 14.8. The predicted octanol–water partition coefficient (Wildman–Crippen LogP) is 1.42. The summed E-state index contributed by atoms with van der Waals surface area (Å²) in [6.45, 7) is 1.85. The molecule has 4 N–H and O–H groups in total. The predicted molar refractivity (Wildman–Crippen MR) is 94.3 cm³/mol. The molecule has 0 aliphatic rings. The van der Waals surface area contributed by atoms with Crippen LogP contribution < -0.4 is 10.6 Å². The van der Waals surface area contributed by atoms with Gasteiger partial charge in [-0.2, -0.15) is 0 Å². The number of amides is 2. The van der Waals surface area contributed by atoms with Crippen LogP contribution in [0.1, 0.15) is 38.2 Å². The van der Waals surface area contributed by atoms with Crippen molar-refractivity contribution in [2.45, 2.75) is 51.4 Å². The van der Waals surface area contributed by atoms with Crippen molar-refractivity contribution in [3.8, 4) is 0 Å². The number of carbonyl (C=O) groups is 3. The van der Waals surface area contributed by atoms with Gasteiger partial charge in [0.15, 0.2) is 0 Å². The highest BCUT2D eigenvalue weighted by atomic mass is 16.5. The van der Waals surface area contributed by atoms with Crippen LogP contribution in [-0.4, -0.2) is 46.9 Å². The second-order valence-electron chi connectivity index (χ2n) is 5.90. The summed E-state index contributed by atoms with van der Waals surface area (Å²) in [6, 6.07) is 8.14. The Hall–Kier alpha value is -2.61. The molecule has 0 saturated carbocycles. The van der Waals surface area contributed by atoms with Crippen molar-refractivity contribution < 1.29 is 29.3 Å². The Labute approximate surface area is 152 Å². The molecule has 0 spiro atoms. The molecule has 0 fully saturated rings. The van der Waals surface area contributed by atoms with Crippen molar-refractivity contribution in [2.75, 3.05) is 6.54 Å². The van der Waals surface area contributed by atoms with Gasteiger partial charge in [0.1, 0.15) is 12.6 Å². The van der Waals surface area contributed by atoms with E-state index < -0.39 is 30.1 Å². The molecule has 2 amide bonds. The van der Waals surface area contributed by atoms with E-state index >= 15 is 0 Å². The maximum Gasteiger partial charge on any atom is 0.407 e. The Kier molecular flexibility index (Phi) is 9.78. The molecule has 1 aromatic rings.